The highest BCUT2D eigenvalue weighted by Gasteiger charge is 2.50. The van der Waals surface area contributed by atoms with Gasteiger partial charge < -0.3 is 19.7 Å². The van der Waals surface area contributed by atoms with Crippen molar-refractivity contribution in [1.82, 2.24) is 10.2 Å². The minimum Gasteiger partial charge on any atom is -0.347 e. The third kappa shape index (κ3) is 3.63. The normalized spacial score (nSPS) is 30.4. The van der Waals surface area contributed by atoms with Gasteiger partial charge in [0, 0.05) is 19.5 Å². The summed E-state index contributed by atoms with van der Waals surface area (Å²) in [7, 11) is 0. The van der Waals surface area contributed by atoms with Gasteiger partial charge in [0.25, 0.3) is 0 Å². The lowest BCUT2D eigenvalue weighted by Gasteiger charge is -2.39. The van der Waals surface area contributed by atoms with E-state index in [1.54, 1.807) is 0 Å². The Morgan fingerprint density at radius 1 is 0.955 bits per heavy atom. The fraction of sp³-hybridized carbons (Fsp3) is 0.941. The minimum absolute atomic E-state index is 0.0585. The number of likely N-dealkylation sites (tertiary alicyclic amines) is 1. The molecular weight excluding hydrogens is 280 g/mol. The minimum atomic E-state index is -0.572. The number of carbonyl (C=O) groups excluding carboxylic acids is 1. The summed E-state index contributed by atoms with van der Waals surface area (Å²) in [6, 6.07) is 0. The van der Waals surface area contributed by atoms with Gasteiger partial charge in [-0.15, -0.1) is 0 Å². The molecule has 4 aliphatic rings. The van der Waals surface area contributed by atoms with E-state index in [0.717, 1.165) is 51.6 Å². The first kappa shape index (κ1) is 16.2. The van der Waals surface area contributed by atoms with Crippen LogP contribution in [0.15, 0.2) is 0 Å². The van der Waals surface area contributed by atoms with Gasteiger partial charge in [0.05, 0.1) is 19.1 Å². The fourth-order valence-electron chi connectivity index (χ4n) is 4.02. The van der Waals surface area contributed by atoms with E-state index in [1.165, 1.54) is 25.9 Å². The van der Waals surface area contributed by atoms with Gasteiger partial charge in [0.15, 0.2) is 5.79 Å². The van der Waals surface area contributed by atoms with Crippen LogP contribution in [-0.4, -0.2) is 56.0 Å². The second kappa shape index (κ2) is 7.75. The van der Waals surface area contributed by atoms with Gasteiger partial charge in [-0.2, -0.15) is 0 Å². The zero-order valence-electron chi connectivity index (χ0n) is 13.6. The molecule has 3 heterocycles. The molecule has 1 atom stereocenters. The molecule has 4 rings (SSSR count). The first-order chi connectivity index (χ1) is 10.8. The van der Waals surface area contributed by atoms with Crippen LogP contribution in [-0.2, 0) is 14.3 Å². The number of carbonyl (C=O) groups is 1. The SMILES string of the molecule is C1CCNC1.O=C(C1CCCCC12OCCO2)N1CCCC1. The van der Waals surface area contributed by atoms with Crippen molar-refractivity contribution in [3.63, 3.8) is 0 Å². The molecule has 5 nitrogen and oxygen atoms in total. The van der Waals surface area contributed by atoms with E-state index in [2.05, 4.69) is 5.32 Å². The Labute approximate surface area is 133 Å². The van der Waals surface area contributed by atoms with E-state index >= 15 is 0 Å². The average Bonchev–Trinajstić information content (AvgIpc) is 3.31. The molecule has 126 valence electrons. The van der Waals surface area contributed by atoms with Crippen molar-refractivity contribution in [2.45, 2.75) is 57.2 Å². The Hall–Kier alpha value is -0.650. The number of rotatable bonds is 1. The van der Waals surface area contributed by atoms with Crippen molar-refractivity contribution < 1.29 is 14.3 Å². The van der Waals surface area contributed by atoms with E-state index < -0.39 is 5.79 Å². The van der Waals surface area contributed by atoms with Crippen molar-refractivity contribution in [3.05, 3.63) is 0 Å². The van der Waals surface area contributed by atoms with Crippen LogP contribution in [0.25, 0.3) is 0 Å². The van der Waals surface area contributed by atoms with Crippen LogP contribution in [0, 0.1) is 5.92 Å². The van der Waals surface area contributed by atoms with Crippen LogP contribution in [0.3, 0.4) is 0 Å². The maximum atomic E-state index is 12.5. The molecule has 1 N–H and O–H groups in total. The van der Waals surface area contributed by atoms with Gasteiger partial charge in [-0.1, -0.05) is 6.42 Å². The third-order valence-electron chi connectivity index (χ3n) is 5.25. The molecule has 0 bridgehead atoms. The molecular formula is C17H30N2O3. The quantitative estimate of drug-likeness (QED) is 0.804. The van der Waals surface area contributed by atoms with Crippen molar-refractivity contribution in [1.29, 1.82) is 0 Å². The van der Waals surface area contributed by atoms with E-state index in [-0.39, 0.29) is 11.8 Å². The lowest BCUT2D eigenvalue weighted by Crippen LogP contribution is -2.50. The predicted molar refractivity (Wildman–Crippen MR) is 84.5 cm³/mol. The summed E-state index contributed by atoms with van der Waals surface area (Å²) in [5.74, 6) is -0.362. The summed E-state index contributed by atoms with van der Waals surface area (Å²) in [6.07, 6.45) is 9.12. The first-order valence-electron chi connectivity index (χ1n) is 9.09. The summed E-state index contributed by atoms with van der Waals surface area (Å²) < 4.78 is 11.6. The topological polar surface area (TPSA) is 50.8 Å². The maximum absolute atomic E-state index is 12.5. The molecule has 1 unspecified atom stereocenters. The van der Waals surface area contributed by atoms with Crippen molar-refractivity contribution in [2.75, 3.05) is 39.4 Å². The molecule has 0 radical (unpaired) electrons. The van der Waals surface area contributed by atoms with Gasteiger partial charge in [-0.3, -0.25) is 4.79 Å². The number of hydrogen-bond acceptors (Lipinski definition) is 4. The Kier molecular flexibility index (Phi) is 5.71. The first-order valence-corrected chi connectivity index (χ1v) is 9.09. The molecule has 1 spiro atoms. The van der Waals surface area contributed by atoms with Gasteiger partial charge in [0.1, 0.15) is 0 Å². The monoisotopic (exact) mass is 310 g/mol. The highest BCUT2D eigenvalue weighted by molar-refractivity contribution is 5.80. The van der Waals surface area contributed by atoms with Crippen molar-refractivity contribution >= 4 is 5.91 Å². The molecule has 3 saturated heterocycles. The standard InChI is InChI=1S/C13H21NO3.C4H9N/c15-12(14-7-3-4-8-14)11-5-1-2-6-13(11)16-9-10-17-13;1-2-4-5-3-1/h11H,1-10H2;5H,1-4H2. The van der Waals surface area contributed by atoms with E-state index in [4.69, 9.17) is 9.47 Å². The van der Waals surface area contributed by atoms with E-state index in [0.29, 0.717) is 13.2 Å². The Morgan fingerprint density at radius 2 is 1.64 bits per heavy atom. The second-order valence-electron chi connectivity index (χ2n) is 6.80. The molecule has 5 heteroatoms. The zero-order chi connectivity index (χ0) is 15.3. The number of amides is 1. The highest BCUT2D eigenvalue weighted by atomic mass is 16.7. The van der Waals surface area contributed by atoms with Crippen LogP contribution >= 0.6 is 0 Å². The Balaban J connectivity index is 0.000000246. The van der Waals surface area contributed by atoms with Crippen LogP contribution in [0.1, 0.15) is 51.4 Å². The molecule has 0 aromatic rings. The maximum Gasteiger partial charge on any atom is 0.231 e. The second-order valence-corrected chi connectivity index (χ2v) is 6.80. The zero-order valence-corrected chi connectivity index (χ0v) is 13.6. The van der Waals surface area contributed by atoms with Gasteiger partial charge in [-0.05, 0) is 51.6 Å². The molecule has 22 heavy (non-hydrogen) atoms. The predicted octanol–water partition coefficient (Wildman–Crippen LogP) is 1.91. The highest BCUT2D eigenvalue weighted by Crippen LogP contribution is 2.41. The smallest absolute Gasteiger partial charge is 0.231 e. The Bertz CT molecular complexity index is 351. The molecule has 3 aliphatic heterocycles. The van der Waals surface area contributed by atoms with Crippen LogP contribution in [0.4, 0.5) is 0 Å². The fourth-order valence-corrected chi connectivity index (χ4v) is 4.02. The van der Waals surface area contributed by atoms with E-state index in [1.807, 2.05) is 4.90 Å². The lowest BCUT2D eigenvalue weighted by atomic mass is 9.82. The summed E-state index contributed by atoms with van der Waals surface area (Å²) in [5.41, 5.74) is 0. The molecule has 1 aliphatic carbocycles. The molecule has 1 amide bonds. The van der Waals surface area contributed by atoms with Gasteiger partial charge in [0.2, 0.25) is 5.91 Å². The summed E-state index contributed by atoms with van der Waals surface area (Å²) >= 11 is 0. The largest absolute Gasteiger partial charge is 0.347 e. The van der Waals surface area contributed by atoms with Gasteiger partial charge in [-0.25, -0.2) is 0 Å². The van der Waals surface area contributed by atoms with E-state index in [9.17, 15) is 4.79 Å². The average molecular weight is 310 g/mol. The lowest BCUT2D eigenvalue weighted by molar-refractivity contribution is -0.216. The summed E-state index contributed by atoms with van der Waals surface area (Å²) in [5, 5.41) is 3.22. The summed E-state index contributed by atoms with van der Waals surface area (Å²) in [6.45, 7) is 5.63. The van der Waals surface area contributed by atoms with Gasteiger partial charge >= 0.3 is 0 Å². The van der Waals surface area contributed by atoms with Crippen molar-refractivity contribution in [2.24, 2.45) is 5.92 Å². The van der Waals surface area contributed by atoms with Crippen molar-refractivity contribution in [3.8, 4) is 0 Å². The number of nitrogens with zero attached hydrogens (tertiary/aromatic N) is 1. The molecule has 1 saturated carbocycles. The number of hydrogen-bond donors (Lipinski definition) is 1. The van der Waals surface area contributed by atoms with Crippen LogP contribution in [0.5, 0.6) is 0 Å². The Morgan fingerprint density at radius 3 is 2.23 bits per heavy atom. The molecule has 0 aromatic heterocycles. The van der Waals surface area contributed by atoms with Crippen LogP contribution in [0.2, 0.25) is 0 Å². The number of ether oxygens (including phenoxy) is 2. The number of nitrogens with one attached hydrogen (secondary N) is 1. The third-order valence-corrected chi connectivity index (χ3v) is 5.25. The molecule has 4 fully saturated rings. The summed E-state index contributed by atoms with van der Waals surface area (Å²) in [4.78, 5) is 14.5. The van der Waals surface area contributed by atoms with Crippen LogP contribution < -0.4 is 5.32 Å². The molecule has 0 aromatic carbocycles.